The molecule has 0 fully saturated rings. The summed E-state index contributed by atoms with van der Waals surface area (Å²) < 4.78 is 37.5. The summed E-state index contributed by atoms with van der Waals surface area (Å²) in [6, 6.07) is 10.8. The van der Waals surface area contributed by atoms with Crippen molar-refractivity contribution >= 4 is 10.1 Å². The van der Waals surface area contributed by atoms with Crippen molar-refractivity contribution in [2.45, 2.75) is 56.8 Å². The summed E-state index contributed by atoms with van der Waals surface area (Å²) >= 11 is 0. The van der Waals surface area contributed by atoms with Crippen LogP contribution in [-0.4, -0.2) is 13.0 Å². The van der Waals surface area contributed by atoms with Crippen molar-refractivity contribution in [3.05, 3.63) is 48.0 Å². The zero-order valence-corrected chi connectivity index (χ0v) is 18.8. The SMILES string of the molecule is CCCCCCCCc1ccc(Oc2c([O-])cccc2S(=O)(=O)O)cc1.[Na+]. The number of para-hydroxylation sites is 1. The summed E-state index contributed by atoms with van der Waals surface area (Å²) in [7, 11) is -4.53. The smallest absolute Gasteiger partial charge is 0.870 e. The quantitative estimate of drug-likeness (QED) is 0.373. The third kappa shape index (κ3) is 7.84. The minimum atomic E-state index is -4.53. The van der Waals surface area contributed by atoms with Gasteiger partial charge in [0.2, 0.25) is 0 Å². The summed E-state index contributed by atoms with van der Waals surface area (Å²) in [5, 5.41) is 11.9. The molecule has 2 aromatic carbocycles. The van der Waals surface area contributed by atoms with Crippen molar-refractivity contribution in [3.8, 4) is 17.2 Å². The number of hydrogen-bond acceptors (Lipinski definition) is 4. The second-order valence-electron chi connectivity index (χ2n) is 6.32. The Balaban J connectivity index is 0.00000364. The van der Waals surface area contributed by atoms with E-state index in [2.05, 4.69) is 6.92 Å². The number of ether oxygens (including phenoxy) is 1. The first-order valence-electron chi connectivity index (χ1n) is 8.96. The molecule has 0 bridgehead atoms. The van der Waals surface area contributed by atoms with Gasteiger partial charge in [0.25, 0.3) is 10.1 Å². The van der Waals surface area contributed by atoms with E-state index in [1.54, 1.807) is 12.1 Å². The van der Waals surface area contributed by atoms with Crippen LogP contribution in [0, 0.1) is 0 Å². The molecule has 0 aliphatic rings. The van der Waals surface area contributed by atoms with E-state index in [1.807, 2.05) is 12.1 Å². The van der Waals surface area contributed by atoms with E-state index in [0.29, 0.717) is 5.75 Å². The first kappa shape index (κ1) is 24.0. The van der Waals surface area contributed by atoms with Gasteiger partial charge in [0.15, 0.2) is 0 Å². The molecule has 0 aliphatic carbocycles. The van der Waals surface area contributed by atoms with Gasteiger partial charge >= 0.3 is 29.6 Å². The van der Waals surface area contributed by atoms with Crippen LogP contribution in [0.1, 0.15) is 51.0 Å². The zero-order chi connectivity index (χ0) is 19.0. The molecule has 0 aromatic heterocycles. The van der Waals surface area contributed by atoms with E-state index in [-0.39, 0.29) is 29.6 Å². The van der Waals surface area contributed by atoms with E-state index in [1.165, 1.54) is 49.8 Å². The molecule has 0 unspecified atom stereocenters. The van der Waals surface area contributed by atoms with Gasteiger partial charge in [-0.05, 0) is 36.6 Å². The Morgan fingerprint density at radius 1 is 0.963 bits per heavy atom. The van der Waals surface area contributed by atoms with Crippen LogP contribution in [0.25, 0.3) is 0 Å². The van der Waals surface area contributed by atoms with Crippen molar-refractivity contribution in [1.82, 2.24) is 0 Å². The van der Waals surface area contributed by atoms with Crippen molar-refractivity contribution < 1.29 is 52.4 Å². The van der Waals surface area contributed by atoms with Gasteiger partial charge in [-0.1, -0.05) is 69.0 Å². The molecule has 1 N–H and O–H groups in total. The standard InChI is InChI=1S/C20H26O5S.Na/c1-2-3-4-5-6-7-9-16-12-14-17(15-13-16)25-20-18(21)10-8-11-19(20)26(22,23)24;/h8,10-15,21H,2-7,9H2,1H3,(H,22,23,24);/q;+1/p-1. The zero-order valence-electron chi connectivity index (χ0n) is 16.0. The van der Waals surface area contributed by atoms with Crippen LogP contribution in [0.15, 0.2) is 47.4 Å². The number of aryl methyl sites for hydroxylation is 1. The molecule has 0 atom stereocenters. The van der Waals surface area contributed by atoms with Crippen LogP contribution in [0.2, 0.25) is 0 Å². The Morgan fingerprint density at radius 3 is 2.22 bits per heavy atom. The van der Waals surface area contributed by atoms with Gasteiger partial charge in [-0.25, -0.2) is 0 Å². The second-order valence-corrected chi connectivity index (χ2v) is 7.71. The molecule has 2 aromatic rings. The van der Waals surface area contributed by atoms with Gasteiger partial charge in [0.1, 0.15) is 16.4 Å². The topological polar surface area (TPSA) is 86.7 Å². The maximum Gasteiger partial charge on any atom is 1.00 e. The van der Waals surface area contributed by atoms with Crippen molar-refractivity contribution in [3.63, 3.8) is 0 Å². The van der Waals surface area contributed by atoms with Gasteiger partial charge in [0.05, 0.1) is 0 Å². The maximum atomic E-state index is 11.9. The fourth-order valence-electron chi connectivity index (χ4n) is 2.75. The Morgan fingerprint density at radius 2 is 1.59 bits per heavy atom. The summed E-state index contributed by atoms with van der Waals surface area (Å²) in [5.74, 6) is -0.639. The predicted molar refractivity (Wildman–Crippen MR) is 99.3 cm³/mol. The van der Waals surface area contributed by atoms with Crippen LogP contribution in [0.5, 0.6) is 17.2 Å². The van der Waals surface area contributed by atoms with Crippen molar-refractivity contribution in [2.75, 3.05) is 0 Å². The number of benzene rings is 2. The van der Waals surface area contributed by atoms with Gasteiger partial charge in [-0.3, -0.25) is 4.55 Å². The molecular weight excluding hydrogens is 375 g/mol. The Kier molecular flexibility index (Phi) is 10.4. The van der Waals surface area contributed by atoms with Gasteiger partial charge in [-0.2, -0.15) is 8.42 Å². The minimum absolute atomic E-state index is 0. The number of rotatable bonds is 10. The summed E-state index contributed by atoms with van der Waals surface area (Å²) in [4.78, 5) is -0.527. The fraction of sp³-hybridized carbons (Fsp3) is 0.400. The molecule has 0 heterocycles. The molecule has 142 valence electrons. The van der Waals surface area contributed by atoms with Crippen LogP contribution in [0.3, 0.4) is 0 Å². The molecule has 0 aliphatic heterocycles. The van der Waals surface area contributed by atoms with Crippen LogP contribution in [-0.2, 0) is 16.5 Å². The third-order valence-corrected chi connectivity index (χ3v) is 5.06. The molecule has 2 rings (SSSR count). The molecule has 0 saturated carbocycles. The molecule has 27 heavy (non-hydrogen) atoms. The number of hydrogen-bond donors (Lipinski definition) is 1. The average Bonchev–Trinajstić information content (AvgIpc) is 2.60. The molecule has 0 amide bonds. The van der Waals surface area contributed by atoms with E-state index in [9.17, 15) is 18.1 Å². The predicted octanol–water partition coefficient (Wildman–Crippen LogP) is 1.71. The first-order valence-corrected chi connectivity index (χ1v) is 10.4. The van der Waals surface area contributed by atoms with Gasteiger partial charge in [-0.15, -0.1) is 0 Å². The molecule has 5 nitrogen and oxygen atoms in total. The van der Waals surface area contributed by atoms with Crippen molar-refractivity contribution in [2.24, 2.45) is 0 Å². The van der Waals surface area contributed by atoms with Crippen LogP contribution in [0.4, 0.5) is 0 Å². The van der Waals surface area contributed by atoms with E-state index >= 15 is 0 Å². The first-order chi connectivity index (χ1) is 12.4. The summed E-state index contributed by atoms with van der Waals surface area (Å²) in [6.45, 7) is 2.20. The van der Waals surface area contributed by atoms with Gasteiger partial charge in [0, 0.05) is 0 Å². The monoisotopic (exact) mass is 400 g/mol. The normalized spacial score (nSPS) is 11.0. The molecular formula is C20H25NaO5S. The van der Waals surface area contributed by atoms with Crippen LogP contribution < -0.4 is 39.4 Å². The van der Waals surface area contributed by atoms with Crippen molar-refractivity contribution in [1.29, 1.82) is 0 Å². The molecule has 0 spiro atoms. The van der Waals surface area contributed by atoms with E-state index in [4.69, 9.17) is 4.74 Å². The summed E-state index contributed by atoms with van der Waals surface area (Å²) in [6.07, 6.45) is 8.38. The second kappa shape index (κ2) is 11.7. The average molecular weight is 400 g/mol. The molecule has 7 heteroatoms. The Hall–Kier alpha value is -1.05. The Labute approximate surface area is 183 Å². The van der Waals surface area contributed by atoms with E-state index < -0.39 is 26.5 Å². The Bertz CT molecular complexity index is 804. The number of unbranched alkanes of at least 4 members (excludes halogenated alkanes) is 5. The largest absolute Gasteiger partial charge is 1.00 e. The van der Waals surface area contributed by atoms with Gasteiger partial charge < -0.3 is 9.84 Å². The molecule has 0 radical (unpaired) electrons. The summed E-state index contributed by atoms with van der Waals surface area (Å²) in [5.41, 5.74) is 1.17. The molecule has 0 saturated heterocycles. The third-order valence-electron chi connectivity index (χ3n) is 4.18. The minimum Gasteiger partial charge on any atom is -0.870 e. The van der Waals surface area contributed by atoms with Crippen LogP contribution >= 0.6 is 0 Å². The van der Waals surface area contributed by atoms with E-state index in [0.717, 1.165) is 18.9 Å². The fourth-order valence-corrected chi connectivity index (χ4v) is 3.38. The maximum absolute atomic E-state index is 11.9.